The first-order valence-corrected chi connectivity index (χ1v) is 9.13. The lowest BCUT2D eigenvalue weighted by Crippen LogP contribution is -2.15. The minimum atomic E-state index is -0.547. The molecule has 28 heavy (non-hydrogen) atoms. The van der Waals surface area contributed by atoms with Gasteiger partial charge in [-0.1, -0.05) is 18.2 Å². The predicted molar refractivity (Wildman–Crippen MR) is 107 cm³/mol. The van der Waals surface area contributed by atoms with E-state index in [4.69, 9.17) is 9.15 Å². The molecular formula is C22H20N2O4. The van der Waals surface area contributed by atoms with Crippen molar-refractivity contribution in [3.8, 4) is 0 Å². The summed E-state index contributed by atoms with van der Waals surface area (Å²) in [5.74, 6) is -0.679. The van der Waals surface area contributed by atoms with Crippen LogP contribution in [0, 0.1) is 6.92 Å². The molecule has 0 saturated heterocycles. The molecule has 0 N–H and O–H groups in total. The Morgan fingerprint density at radius 2 is 1.86 bits per heavy atom. The normalized spacial score (nSPS) is 13.6. The summed E-state index contributed by atoms with van der Waals surface area (Å²) < 4.78 is 10.8. The molecule has 1 aliphatic heterocycles. The lowest BCUT2D eigenvalue weighted by molar-refractivity contribution is 0.0468. The predicted octanol–water partition coefficient (Wildman–Crippen LogP) is 4.37. The second kappa shape index (κ2) is 7.31. The zero-order valence-corrected chi connectivity index (χ0v) is 15.8. The summed E-state index contributed by atoms with van der Waals surface area (Å²) >= 11 is 0. The van der Waals surface area contributed by atoms with Crippen LogP contribution in [0.1, 0.15) is 39.8 Å². The van der Waals surface area contributed by atoms with Gasteiger partial charge >= 0.3 is 5.97 Å². The second-order valence-electron chi connectivity index (χ2n) is 6.81. The number of aryl methyl sites for hydroxylation is 1. The molecule has 0 spiro atoms. The number of furan rings is 1. The van der Waals surface area contributed by atoms with E-state index in [1.54, 1.807) is 18.2 Å². The summed E-state index contributed by atoms with van der Waals surface area (Å²) in [5.41, 5.74) is 3.79. The number of Topliss-reactive ketones (excluding diaryl/α,β-unsaturated/α-hetero) is 1. The number of carbonyl (C=O) groups excluding carboxylic acids is 2. The number of ether oxygens (including phenoxy) is 1. The molecule has 1 aromatic heterocycles. The molecule has 2 heterocycles. The number of para-hydroxylation sites is 1. The first kappa shape index (κ1) is 18.0. The molecule has 0 atom stereocenters. The number of nitrogens with zero attached hydrogens (tertiary/aromatic N) is 2. The fourth-order valence-electron chi connectivity index (χ4n) is 3.25. The zero-order valence-electron chi connectivity index (χ0n) is 15.8. The van der Waals surface area contributed by atoms with Gasteiger partial charge in [0.05, 0.1) is 11.3 Å². The Kier molecular flexibility index (Phi) is 4.69. The topological polar surface area (TPSA) is 72.1 Å². The van der Waals surface area contributed by atoms with Gasteiger partial charge in [0.1, 0.15) is 5.58 Å². The van der Waals surface area contributed by atoms with Crippen molar-refractivity contribution in [1.29, 1.82) is 0 Å². The van der Waals surface area contributed by atoms with E-state index in [1.807, 2.05) is 49.2 Å². The van der Waals surface area contributed by atoms with E-state index in [0.29, 0.717) is 11.1 Å². The SMILES string of the molecule is CC1=NN(c2ccc(C(=O)OCC(=O)c3oc4ccccc4c3C)cc2)CC1. The highest BCUT2D eigenvalue weighted by Crippen LogP contribution is 2.25. The maximum atomic E-state index is 12.4. The van der Waals surface area contributed by atoms with E-state index in [-0.39, 0.29) is 18.2 Å². The Labute approximate surface area is 162 Å². The number of fused-ring (bicyclic) bond motifs is 1. The molecular weight excluding hydrogens is 356 g/mol. The molecule has 2 aromatic carbocycles. The molecule has 6 heteroatoms. The molecule has 4 rings (SSSR count). The molecule has 0 bridgehead atoms. The van der Waals surface area contributed by atoms with Crippen LogP contribution in [0.2, 0.25) is 0 Å². The number of rotatable bonds is 5. The Balaban J connectivity index is 1.41. The van der Waals surface area contributed by atoms with Crippen molar-refractivity contribution >= 4 is 34.1 Å². The van der Waals surface area contributed by atoms with Crippen LogP contribution < -0.4 is 5.01 Å². The van der Waals surface area contributed by atoms with E-state index >= 15 is 0 Å². The number of esters is 1. The van der Waals surface area contributed by atoms with Crippen LogP contribution in [0.5, 0.6) is 0 Å². The van der Waals surface area contributed by atoms with Gasteiger partial charge < -0.3 is 9.15 Å². The van der Waals surface area contributed by atoms with Crippen molar-refractivity contribution in [2.24, 2.45) is 5.10 Å². The van der Waals surface area contributed by atoms with Crippen LogP contribution in [-0.2, 0) is 4.74 Å². The number of hydrazone groups is 1. The van der Waals surface area contributed by atoms with Gasteiger partial charge in [-0.05, 0) is 44.2 Å². The van der Waals surface area contributed by atoms with Crippen LogP contribution in [0.3, 0.4) is 0 Å². The lowest BCUT2D eigenvalue weighted by Gasteiger charge is -2.13. The van der Waals surface area contributed by atoms with Crippen molar-refractivity contribution < 1.29 is 18.7 Å². The Bertz CT molecular complexity index is 1080. The van der Waals surface area contributed by atoms with Crippen molar-refractivity contribution in [2.45, 2.75) is 20.3 Å². The monoisotopic (exact) mass is 376 g/mol. The first-order valence-electron chi connectivity index (χ1n) is 9.13. The molecule has 0 aliphatic carbocycles. The quantitative estimate of drug-likeness (QED) is 0.488. The number of hydrogen-bond acceptors (Lipinski definition) is 6. The highest BCUT2D eigenvalue weighted by atomic mass is 16.5. The van der Waals surface area contributed by atoms with E-state index in [2.05, 4.69) is 5.10 Å². The number of anilines is 1. The average molecular weight is 376 g/mol. The van der Waals surface area contributed by atoms with E-state index in [1.165, 1.54) is 0 Å². The Hall–Kier alpha value is -3.41. The Morgan fingerprint density at radius 3 is 2.54 bits per heavy atom. The number of benzene rings is 2. The summed E-state index contributed by atoms with van der Waals surface area (Å²) in [7, 11) is 0. The molecule has 142 valence electrons. The molecule has 0 unspecified atom stereocenters. The van der Waals surface area contributed by atoms with E-state index < -0.39 is 5.97 Å². The number of hydrogen-bond donors (Lipinski definition) is 0. The number of carbonyl (C=O) groups is 2. The molecule has 0 radical (unpaired) electrons. The summed E-state index contributed by atoms with van der Waals surface area (Å²) in [5, 5.41) is 7.21. The van der Waals surface area contributed by atoms with Crippen LogP contribution in [0.4, 0.5) is 5.69 Å². The van der Waals surface area contributed by atoms with Gasteiger partial charge in [0.25, 0.3) is 0 Å². The molecule has 0 amide bonds. The van der Waals surface area contributed by atoms with Gasteiger partial charge in [-0.25, -0.2) is 4.79 Å². The average Bonchev–Trinajstić information content (AvgIpc) is 3.30. The van der Waals surface area contributed by atoms with Gasteiger partial charge in [-0.15, -0.1) is 0 Å². The third kappa shape index (κ3) is 3.41. The summed E-state index contributed by atoms with van der Waals surface area (Å²) in [4.78, 5) is 24.7. The van der Waals surface area contributed by atoms with E-state index in [0.717, 1.165) is 35.3 Å². The van der Waals surface area contributed by atoms with Crippen molar-refractivity contribution in [3.05, 3.63) is 65.4 Å². The maximum Gasteiger partial charge on any atom is 0.338 e. The third-order valence-electron chi connectivity index (χ3n) is 4.81. The van der Waals surface area contributed by atoms with E-state index in [9.17, 15) is 9.59 Å². The third-order valence-corrected chi connectivity index (χ3v) is 4.81. The minimum Gasteiger partial charge on any atom is -0.454 e. The van der Waals surface area contributed by atoms with Crippen LogP contribution >= 0.6 is 0 Å². The summed E-state index contributed by atoms with van der Waals surface area (Å²) in [6.07, 6.45) is 0.938. The molecule has 6 nitrogen and oxygen atoms in total. The van der Waals surface area contributed by atoms with Gasteiger partial charge in [-0.3, -0.25) is 9.80 Å². The fourth-order valence-corrected chi connectivity index (χ4v) is 3.25. The van der Waals surface area contributed by atoms with Gasteiger partial charge in [0.2, 0.25) is 5.78 Å². The smallest absolute Gasteiger partial charge is 0.338 e. The largest absolute Gasteiger partial charge is 0.454 e. The van der Waals surface area contributed by atoms with Crippen LogP contribution in [0.25, 0.3) is 11.0 Å². The maximum absolute atomic E-state index is 12.4. The molecule has 0 saturated carbocycles. The fraction of sp³-hybridized carbons (Fsp3) is 0.227. The van der Waals surface area contributed by atoms with Crippen LogP contribution in [0.15, 0.2) is 58.0 Å². The van der Waals surface area contributed by atoms with Crippen molar-refractivity contribution in [2.75, 3.05) is 18.2 Å². The second-order valence-corrected chi connectivity index (χ2v) is 6.81. The highest BCUT2D eigenvalue weighted by Gasteiger charge is 2.20. The lowest BCUT2D eigenvalue weighted by atomic mass is 10.1. The molecule has 0 fully saturated rings. The standard InChI is InChI=1S/C22H20N2O4/c1-14-11-12-24(23-14)17-9-7-16(8-10-17)22(26)27-13-19(25)21-15(2)18-5-3-4-6-20(18)28-21/h3-10H,11-13H2,1-2H3. The number of ketones is 1. The molecule has 1 aliphatic rings. The van der Waals surface area contributed by atoms with Gasteiger partial charge in [-0.2, -0.15) is 5.10 Å². The highest BCUT2D eigenvalue weighted by molar-refractivity contribution is 6.02. The van der Waals surface area contributed by atoms with Crippen LogP contribution in [-0.4, -0.2) is 30.6 Å². The van der Waals surface area contributed by atoms with Gasteiger partial charge in [0, 0.05) is 29.6 Å². The first-order chi connectivity index (χ1) is 13.5. The Morgan fingerprint density at radius 1 is 1.11 bits per heavy atom. The van der Waals surface area contributed by atoms with Crippen molar-refractivity contribution in [1.82, 2.24) is 0 Å². The molecule has 3 aromatic rings. The van der Waals surface area contributed by atoms with Gasteiger partial charge in [0.15, 0.2) is 12.4 Å². The summed E-state index contributed by atoms with van der Waals surface area (Å²) in [6.45, 7) is 4.28. The zero-order chi connectivity index (χ0) is 19.7. The minimum absolute atomic E-state index is 0.228. The van der Waals surface area contributed by atoms with Crippen molar-refractivity contribution in [3.63, 3.8) is 0 Å². The summed E-state index contributed by atoms with van der Waals surface area (Å²) in [6, 6.07) is 14.4.